The van der Waals surface area contributed by atoms with Crippen LogP contribution >= 0.6 is 0 Å². The molecular formula is C15H24O3. The van der Waals surface area contributed by atoms with E-state index >= 15 is 0 Å². The number of rotatable bonds is 4. The van der Waals surface area contributed by atoms with Crippen molar-refractivity contribution in [3.63, 3.8) is 0 Å². The molecule has 1 atom stereocenters. The molecule has 0 saturated carbocycles. The van der Waals surface area contributed by atoms with E-state index < -0.39 is 6.10 Å². The van der Waals surface area contributed by atoms with Crippen molar-refractivity contribution in [2.75, 3.05) is 14.2 Å². The first-order chi connectivity index (χ1) is 8.28. The van der Waals surface area contributed by atoms with Crippen molar-refractivity contribution in [2.45, 2.75) is 40.2 Å². The molecule has 0 aliphatic rings. The number of ether oxygens (including phenoxy) is 2. The van der Waals surface area contributed by atoms with Gasteiger partial charge in [-0.05, 0) is 42.0 Å². The zero-order valence-corrected chi connectivity index (χ0v) is 12.2. The molecule has 0 aromatic heterocycles. The molecule has 0 aliphatic carbocycles. The number of hydrogen-bond acceptors (Lipinski definition) is 3. The molecule has 102 valence electrons. The first-order valence-electron chi connectivity index (χ1n) is 6.19. The van der Waals surface area contributed by atoms with Crippen molar-refractivity contribution in [1.82, 2.24) is 0 Å². The molecular weight excluding hydrogens is 228 g/mol. The first kappa shape index (κ1) is 14.8. The zero-order chi connectivity index (χ0) is 13.9. The smallest absolute Gasteiger partial charge is 0.161 e. The summed E-state index contributed by atoms with van der Waals surface area (Å²) in [7, 11) is 3.22. The number of hydrogen-bond donors (Lipinski definition) is 1. The summed E-state index contributed by atoms with van der Waals surface area (Å²) < 4.78 is 10.5. The van der Waals surface area contributed by atoms with Crippen LogP contribution < -0.4 is 9.47 Å². The lowest BCUT2D eigenvalue weighted by atomic mass is 9.86. The number of benzene rings is 1. The minimum Gasteiger partial charge on any atom is -0.493 e. The van der Waals surface area contributed by atoms with Gasteiger partial charge in [0.25, 0.3) is 0 Å². The van der Waals surface area contributed by atoms with Crippen molar-refractivity contribution in [1.29, 1.82) is 0 Å². The quantitative estimate of drug-likeness (QED) is 0.891. The molecule has 1 rings (SSSR count). The largest absolute Gasteiger partial charge is 0.493 e. The minimum atomic E-state index is -0.482. The Morgan fingerprint density at radius 2 is 1.61 bits per heavy atom. The van der Waals surface area contributed by atoms with Gasteiger partial charge in [-0.1, -0.05) is 20.8 Å². The second-order valence-corrected chi connectivity index (χ2v) is 5.84. The van der Waals surface area contributed by atoms with Gasteiger partial charge in [-0.25, -0.2) is 0 Å². The van der Waals surface area contributed by atoms with E-state index in [1.165, 1.54) is 0 Å². The van der Waals surface area contributed by atoms with Crippen molar-refractivity contribution in [3.05, 3.63) is 23.3 Å². The van der Waals surface area contributed by atoms with Crippen molar-refractivity contribution in [2.24, 2.45) is 5.41 Å². The number of aliphatic hydroxyl groups excluding tert-OH is 1. The van der Waals surface area contributed by atoms with Gasteiger partial charge < -0.3 is 14.6 Å². The molecule has 0 bridgehead atoms. The summed E-state index contributed by atoms with van der Waals surface area (Å²) in [6.45, 7) is 8.33. The molecule has 0 fully saturated rings. The van der Waals surface area contributed by atoms with Crippen LogP contribution in [-0.2, 0) is 0 Å². The molecule has 3 heteroatoms. The maximum atomic E-state index is 10.3. The Balaban J connectivity index is 3.09. The SMILES string of the molecule is COc1cc(C)c(C(O)CC(C)(C)C)cc1OC. The molecule has 18 heavy (non-hydrogen) atoms. The standard InChI is InChI=1S/C15H24O3/c1-10-7-13(17-5)14(18-6)8-11(10)12(16)9-15(2,3)4/h7-8,12,16H,9H2,1-6H3. The van der Waals surface area contributed by atoms with Crippen LogP contribution in [-0.4, -0.2) is 19.3 Å². The van der Waals surface area contributed by atoms with E-state index in [1.54, 1.807) is 14.2 Å². The highest BCUT2D eigenvalue weighted by Crippen LogP contribution is 2.36. The Kier molecular flexibility index (Phi) is 4.63. The molecule has 0 spiro atoms. The third-order valence-corrected chi connectivity index (χ3v) is 2.94. The molecule has 0 amide bonds. The van der Waals surface area contributed by atoms with E-state index in [0.29, 0.717) is 17.9 Å². The second-order valence-electron chi connectivity index (χ2n) is 5.84. The third kappa shape index (κ3) is 3.64. The molecule has 3 nitrogen and oxygen atoms in total. The number of aliphatic hydroxyl groups is 1. The molecule has 0 saturated heterocycles. The van der Waals surface area contributed by atoms with Crippen molar-refractivity contribution in [3.8, 4) is 11.5 Å². The van der Waals surface area contributed by atoms with E-state index in [1.807, 2.05) is 19.1 Å². The van der Waals surface area contributed by atoms with Gasteiger partial charge in [-0.2, -0.15) is 0 Å². The predicted molar refractivity (Wildman–Crippen MR) is 73.3 cm³/mol. The fourth-order valence-corrected chi connectivity index (χ4v) is 2.05. The summed E-state index contributed by atoms with van der Waals surface area (Å²) in [6.07, 6.45) is 0.230. The van der Waals surface area contributed by atoms with Crippen LogP contribution in [0.1, 0.15) is 44.4 Å². The molecule has 1 aromatic rings. The van der Waals surface area contributed by atoms with Crippen LogP contribution in [0.25, 0.3) is 0 Å². The van der Waals surface area contributed by atoms with Gasteiger partial charge in [0.2, 0.25) is 0 Å². The van der Waals surface area contributed by atoms with Gasteiger partial charge in [-0.3, -0.25) is 0 Å². The average Bonchev–Trinajstić information content (AvgIpc) is 2.26. The van der Waals surface area contributed by atoms with E-state index in [4.69, 9.17) is 9.47 Å². The summed E-state index contributed by atoms with van der Waals surface area (Å²) in [4.78, 5) is 0. The lowest BCUT2D eigenvalue weighted by Crippen LogP contribution is -2.12. The molecule has 0 aliphatic heterocycles. The zero-order valence-electron chi connectivity index (χ0n) is 12.2. The lowest BCUT2D eigenvalue weighted by Gasteiger charge is -2.24. The van der Waals surface area contributed by atoms with Crippen molar-refractivity contribution >= 4 is 0 Å². The van der Waals surface area contributed by atoms with E-state index in [0.717, 1.165) is 11.1 Å². The number of methoxy groups -OCH3 is 2. The topological polar surface area (TPSA) is 38.7 Å². The highest BCUT2D eigenvalue weighted by Gasteiger charge is 2.21. The van der Waals surface area contributed by atoms with Gasteiger partial charge in [-0.15, -0.1) is 0 Å². The molecule has 0 radical (unpaired) electrons. The Morgan fingerprint density at radius 3 is 2.06 bits per heavy atom. The summed E-state index contributed by atoms with van der Waals surface area (Å²) in [5, 5.41) is 10.3. The maximum Gasteiger partial charge on any atom is 0.161 e. The summed E-state index contributed by atoms with van der Waals surface area (Å²) >= 11 is 0. The van der Waals surface area contributed by atoms with E-state index in [9.17, 15) is 5.11 Å². The fraction of sp³-hybridized carbons (Fsp3) is 0.600. The first-order valence-corrected chi connectivity index (χ1v) is 6.19. The third-order valence-electron chi connectivity index (χ3n) is 2.94. The molecule has 1 N–H and O–H groups in total. The van der Waals surface area contributed by atoms with Gasteiger partial charge in [0.15, 0.2) is 11.5 Å². The Hall–Kier alpha value is -1.22. The van der Waals surface area contributed by atoms with Gasteiger partial charge >= 0.3 is 0 Å². The van der Waals surface area contributed by atoms with Crippen LogP contribution in [0.3, 0.4) is 0 Å². The maximum absolute atomic E-state index is 10.3. The highest BCUT2D eigenvalue weighted by atomic mass is 16.5. The van der Waals surface area contributed by atoms with Crippen molar-refractivity contribution < 1.29 is 14.6 Å². The van der Waals surface area contributed by atoms with Gasteiger partial charge in [0.05, 0.1) is 20.3 Å². The van der Waals surface area contributed by atoms with Gasteiger partial charge in [0.1, 0.15) is 0 Å². The molecule has 0 heterocycles. The fourth-order valence-electron chi connectivity index (χ4n) is 2.05. The van der Waals surface area contributed by atoms with Crippen LogP contribution in [0.15, 0.2) is 12.1 Å². The molecule has 1 unspecified atom stereocenters. The average molecular weight is 252 g/mol. The Morgan fingerprint density at radius 1 is 1.11 bits per heavy atom. The highest BCUT2D eigenvalue weighted by molar-refractivity contribution is 5.47. The Labute approximate surface area is 110 Å². The predicted octanol–water partition coefficient (Wildman–Crippen LogP) is 3.48. The summed E-state index contributed by atoms with van der Waals surface area (Å²) in [5.74, 6) is 1.35. The molecule has 1 aromatic carbocycles. The van der Waals surface area contributed by atoms with Crippen LogP contribution in [0.4, 0.5) is 0 Å². The normalized spacial score (nSPS) is 13.3. The monoisotopic (exact) mass is 252 g/mol. The van der Waals surface area contributed by atoms with Crippen LogP contribution in [0.2, 0.25) is 0 Å². The second kappa shape index (κ2) is 5.61. The van der Waals surface area contributed by atoms with Gasteiger partial charge in [0, 0.05) is 0 Å². The minimum absolute atomic E-state index is 0.0824. The number of aryl methyl sites for hydroxylation is 1. The summed E-state index contributed by atoms with van der Waals surface area (Å²) in [6, 6.07) is 3.77. The lowest BCUT2D eigenvalue weighted by molar-refractivity contribution is 0.121. The summed E-state index contributed by atoms with van der Waals surface area (Å²) in [5.41, 5.74) is 2.01. The van der Waals surface area contributed by atoms with Crippen LogP contribution in [0, 0.1) is 12.3 Å². The Bertz CT molecular complexity index is 405. The van der Waals surface area contributed by atoms with Crippen LogP contribution in [0.5, 0.6) is 11.5 Å². The van der Waals surface area contributed by atoms with E-state index in [2.05, 4.69) is 20.8 Å². The van der Waals surface area contributed by atoms with E-state index in [-0.39, 0.29) is 5.41 Å².